The number of benzene rings is 1. The SMILES string of the molecule is CCc1ccc(C(CN(C)C(C)C2CC2)NC)cc1. The molecule has 2 unspecified atom stereocenters. The Bertz CT molecular complexity index is 381. The molecule has 1 aromatic rings. The number of hydrogen-bond donors (Lipinski definition) is 1. The molecule has 2 rings (SSSR count). The fourth-order valence-electron chi connectivity index (χ4n) is 2.74. The standard InChI is InChI=1S/C17H28N2/c1-5-14-6-8-16(9-7-14)17(18-3)12-19(4)13(2)15-10-11-15/h6-9,13,15,17-18H,5,10-12H2,1-4H3. The van der Waals surface area contributed by atoms with Gasteiger partial charge in [0.05, 0.1) is 0 Å². The molecule has 1 aliphatic rings. The smallest absolute Gasteiger partial charge is 0.0446 e. The topological polar surface area (TPSA) is 15.3 Å². The fraction of sp³-hybridized carbons (Fsp3) is 0.647. The van der Waals surface area contributed by atoms with Crippen LogP contribution < -0.4 is 5.32 Å². The molecule has 0 aromatic heterocycles. The van der Waals surface area contributed by atoms with Gasteiger partial charge < -0.3 is 10.2 Å². The Labute approximate surface area is 118 Å². The van der Waals surface area contributed by atoms with Crippen molar-refractivity contribution in [3.8, 4) is 0 Å². The van der Waals surface area contributed by atoms with Crippen LogP contribution in [0.4, 0.5) is 0 Å². The van der Waals surface area contributed by atoms with E-state index < -0.39 is 0 Å². The minimum absolute atomic E-state index is 0.428. The lowest BCUT2D eigenvalue weighted by Gasteiger charge is -2.29. The molecule has 2 heteroatoms. The van der Waals surface area contributed by atoms with Crippen LogP contribution in [0.2, 0.25) is 0 Å². The van der Waals surface area contributed by atoms with Crippen molar-refractivity contribution in [3.05, 3.63) is 35.4 Å². The summed E-state index contributed by atoms with van der Waals surface area (Å²) in [5, 5.41) is 3.46. The van der Waals surface area contributed by atoms with Crippen molar-refractivity contribution >= 4 is 0 Å². The van der Waals surface area contributed by atoms with Gasteiger partial charge in [0.25, 0.3) is 0 Å². The number of aryl methyl sites for hydroxylation is 1. The van der Waals surface area contributed by atoms with E-state index in [1.54, 1.807) is 0 Å². The summed E-state index contributed by atoms with van der Waals surface area (Å²) >= 11 is 0. The van der Waals surface area contributed by atoms with Gasteiger partial charge in [0, 0.05) is 18.6 Å². The maximum atomic E-state index is 3.46. The monoisotopic (exact) mass is 260 g/mol. The van der Waals surface area contributed by atoms with Gasteiger partial charge in [0.15, 0.2) is 0 Å². The predicted octanol–water partition coefficient (Wildman–Crippen LogP) is 3.24. The van der Waals surface area contributed by atoms with Crippen LogP contribution in [0.1, 0.15) is 43.9 Å². The van der Waals surface area contributed by atoms with Crippen LogP contribution in [0.3, 0.4) is 0 Å². The van der Waals surface area contributed by atoms with Crippen LogP contribution in [0.25, 0.3) is 0 Å². The van der Waals surface area contributed by atoms with Gasteiger partial charge in [-0.15, -0.1) is 0 Å². The van der Waals surface area contributed by atoms with E-state index in [9.17, 15) is 0 Å². The molecule has 106 valence electrons. The quantitative estimate of drug-likeness (QED) is 0.809. The highest BCUT2D eigenvalue weighted by Crippen LogP contribution is 2.35. The van der Waals surface area contributed by atoms with Gasteiger partial charge in [-0.25, -0.2) is 0 Å². The Morgan fingerprint density at radius 1 is 1.26 bits per heavy atom. The largest absolute Gasteiger partial charge is 0.312 e. The predicted molar refractivity (Wildman–Crippen MR) is 82.4 cm³/mol. The van der Waals surface area contributed by atoms with Gasteiger partial charge in [0.1, 0.15) is 0 Å². The van der Waals surface area contributed by atoms with Crippen molar-refractivity contribution in [2.75, 3.05) is 20.6 Å². The molecule has 0 bridgehead atoms. The van der Waals surface area contributed by atoms with Crippen molar-refractivity contribution in [2.45, 2.75) is 45.2 Å². The number of rotatable bonds is 7. The third-order valence-corrected chi connectivity index (χ3v) is 4.61. The van der Waals surface area contributed by atoms with Gasteiger partial charge in [0.2, 0.25) is 0 Å². The minimum atomic E-state index is 0.428. The third-order valence-electron chi connectivity index (χ3n) is 4.61. The summed E-state index contributed by atoms with van der Waals surface area (Å²) in [6, 6.07) is 10.2. The van der Waals surface area contributed by atoms with Crippen molar-refractivity contribution in [1.82, 2.24) is 10.2 Å². The third kappa shape index (κ3) is 3.80. The molecule has 0 aliphatic heterocycles. The zero-order valence-electron chi connectivity index (χ0n) is 12.8. The Kier molecular flexibility index (Phi) is 5.00. The molecule has 2 nitrogen and oxygen atoms in total. The Morgan fingerprint density at radius 2 is 1.89 bits per heavy atom. The molecule has 1 fully saturated rings. The van der Waals surface area contributed by atoms with Gasteiger partial charge in [-0.2, -0.15) is 0 Å². The van der Waals surface area contributed by atoms with E-state index in [1.165, 1.54) is 24.0 Å². The second-order valence-electron chi connectivity index (χ2n) is 5.95. The zero-order valence-corrected chi connectivity index (χ0v) is 12.8. The van der Waals surface area contributed by atoms with Crippen molar-refractivity contribution in [2.24, 2.45) is 5.92 Å². The van der Waals surface area contributed by atoms with Gasteiger partial charge >= 0.3 is 0 Å². The summed E-state index contributed by atoms with van der Waals surface area (Å²) < 4.78 is 0. The molecule has 1 N–H and O–H groups in total. The van der Waals surface area contributed by atoms with Gasteiger partial charge in [-0.05, 0) is 57.3 Å². The van der Waals surface area contributed by atoms with Gasteiger partial charge in [-0.1, -0.05) is 31.2 Å². The Balaban J connectivity index is 1.97. The average Bonchev–Trinajstić information content (AvgIpc) is 3.28. The van der Waals surface area contributed by atoms with Gasteiger partial charge in [-0.3, -0.25) is 0 Å². The van der Waals surface area contributed by atoms with E-state index in [0.29, 0.717) is 12.1 Å². The highest BCUT2D eigenvalue weighted by Gasteiger charge is 2.31. The number of nitrogens with one attached hydrogen (secondary N) is 1. The second-order valence-corrected chi connectivity index (χ2v) is 5.95. The summed E-state index contributed by atoms with van der Waals surface area (Å²) in [7, 11) is 4.32. The van der Waals surface area contributed by atoms with Crippen LogP contribution in [0.5, 0.6) is 0 Å². The maximum absolute atomic E-state index is 3.46. The molecule has 1 saturated carbocycles. The molecular formula is C17H28N2. The summed E-state index contributed by atoms with van der Waals surface area (Å²) in [5.41, 5.74) is 2.81. The highest BCUT2D eigenvalue weighted by atomic mass is 15.2. The van der Waals surface area contributed by atoms with Crippen molar-refractivity contribution in [3.63, 3.8) is 0 Å². The lowest BCUT2D eigenvalue weighted by atomic mass is 10.0. The highest BCUT2D eigenvalue weighted by molar-refractivity contribution is 5.25. The van der Waals surface area contributed by atoms with Crippen LogP contribution in [-0.2, 0) is 6.42 Å². The van der Waals surface area contributed by atoms with Crippen molar-refractivity contribution < 1.29 is 0 Å². The van der Waals surface area contributed by atoms with E-state index in [0.717, 1.165) is 18.9 Å². The first-order valence-corrected chi connectivity index (χ1v) is 7.62. The van der Waals surface area contributed by atoms with E-state index >= 15 is 0 Å². The molecule has 1 aromatic carbocycles. The molecule has 1 aliphatic carbocycles. The van der Waals surface area contributed by atoms with Crippen LogP contribution in [-0.4, -0.2) is 31.6 Å². The maximum Gasteiger partial charge on any atom is 0.0446 e. The number of nitrogens with zero attached hydrogens (tertiary/aromatic N) is 1. The molecule has 0 spiro atoms. The van der Waals surface area contributed by atoms with E-state index in [-0.39, 0.29) is 0 Å². The summed E-state index contributed by atoms with van der Waals surface area (Å²) in [6.45, 7) is 5.65. The summed E-state index contributed by atoms with van der Waals surface area (Å²) in [5.74, 6) is 0.935. The molecule has 0 saturated heterocycles. The first-order valence-electron chi connectivity index (χ1n) is 7.62. The molecule has 0 heterocycles. The Morgan fingerprint density at radius 3 is 2.37 bits per heavy atom. The fourth-order valence-corrected chi connectivity index (χ4v) is 2.74. The molecular weight excluding hydrogens is 232 g/mol. The lowest BCUT2D eigenvalue weighted by Crippen LogP contribution is -2.37. The van der Waals surface area contributed by atoms with Crippen LogP contribution in [0, 0.1) is 5.92 Å². The summed E-state index contributed by atoms with van der Waals surface area (Å²) in [4.78, 5) is 2.51. The molecule has 2 atom stereocenters. The average molecular weight is 260 g/mol. The second kappa shape index (κ2) is 6.53. The minimum Gasteiger partial charge on any atom is -0.312 e. The number of likely N-dealkylation sites (N-methyl/N-ethyl adjacent to an activating group) is 2. The lowest BCUT2D eigenvalue weighted by molar-refractivity contribution is 0.213. The van der Waals surface area contributed by atoms with Crippen molar-refractivity contribution in [1.29, 1.82) is 0 Å². The molecule has 0 amide bonds. The first-order chi connectivity index (χ1) is 9.15. The number of hydrogen-bond acceptors (Lipinski definition) is 2. The Hall–Kier alpha value is -0.860. The van der Waals surface area contributed by atoms with E-state index in [1.807, 2.05) is 0 Å². The first kappa shape index (κ1) is 14.5. The molecule has 19 heavy (non-hydrogen) atoms. The normalized spacial score (nSPS) is 18.6. The van der Waals surface area contributed by atoms with E-state index in [2.05, 4.69) is 62.4 Å². The van der Waals surface area contributed by atoms with Crippen LogP contribution >= 0.6 is 0 Å². The molecule has 0 radical (unpaired) electrons. The van der Waals surface area contributed by atoms with E-state index in [4.69, 9.17) is 0 Å². The zero-order chi connectivity index (χ0) is 13.8. The summed E-state index contributed by atoms with van der Waals surface area (Å²) in [6.07, 6.45) is 3.95. The van der Waals surface area contributed by atoms with Crippen LogP contribution in [0.15, 0.2) is 24.3 Å².